The van der Waals surface area contributed by atoms with E-state index in [0.29, 0.717) is 24.2 Å². The van der Waals surface area contributed by atoms with Crippen molar-refractivity contribution in [3.8, 4) is 0 Å². The third kappa shape index (κ3) is 2.47. The summed E-state index contributed by atoms with van der Waals surface area (Å²) in [5.41, 5.74) is 7.20. The molecule has 1 aliphatic heterocycles. The quantitative estimate of drug-likeness (QED) is 0.836. The van der Waals surface area contributed by atoms with Gasteiger partial charge >= 0.3 is 0 Å². The molecule has 3 rings (SSSR count). The highest BCUT2D eigenvalue weighted by Crippen LogP contribution is 2.22. The third-order valence-corrected chi connectivity index (χ3v) is 4.20. The predicted molar refractivity (Wildman–Crippen MR) is 81.5 cm³/mol. The number of carbonyl (C=O) groups excluding carboxylic acids is 3. The molecule has 3 N–H and O–H groups in total. The lowest BCUT2D eigenvalue weighted by molar-refractivity contribution is -0.123. The van der Waals surface area contributed by atoms with E-state index in [0.717, 1.165) is 30.0 Å². The second-order valence-electron chi connectivity index (χ2n) is 5.61. The maximum Gasteiger partial charge on any atom is 0.253 e. The van der Waals surface area contributed by atoms with Gasteiger partial charge in [0.15, 0.2) is 6.29 Å². The summed E-state index contributed by atoms with van der Waals surface area (Å²) in [5.74, 6) is -0.739. The Morgan fingerprint density at radius 3 is 2.91 bits per heavy atom. The third-order valence-electron chi connectivity index (χ3n) is 4.20. The van der Waals surface area contributed by atoms with Gasteiger partial charge in [0.05, 0.1) is 5.92 Å². The van der Waals surface area contributed by atoms with Crippen molar-refractivity contribution in [2.24, 2.45) is 11.7 Å². The van der Waals surface area contributed by atoms with Gasteiger partial charge in [-0.1, -0.05) is 6.07 Å². The van der Waals surface area contributed by atoms with E-state index >= 15 is 0 Å². The molecule has 1 atom stereocenters. The van der Waals surface area contributed by atoms with Gasteiger partial charge in [0.25, 0.3) is 5.91 Å². The molecule has 22 heavy (non-hydrogen) atoms. The molecule has 0 aliphatic carbocycles. The SMILES string of the molecule is NC(=O)C1CCCN(C(=O)c2ccc3c(C=O)c[nH]c3c2)C1. The van der Waals surface area contributed by atoms with E-state index in [4.69, 9.17) is 5.73 Å². The number of hydrogen-bond donors (Lipinski definition) is 2. The van der Waals surface area contributed by atoms with Crippen molar-refractivity contribution in [1.82, 2.24) is 9.88 Å². The Bertz CT molecular complexity index is 750. The fourth-order valence-electron chi connectivity index (χ4n) is 2.96. The van der Waals surface area contributed by atoms with Gasteiger partial charge in [-0.3, -0.25) is 14.4 Å². The van der Waals surface area contributed by atoms with Crippen molar-refractivity contribution in [2.75, 3.05) is 13.1 Å². The Balaban J connectivity index is 1.85. The lowest BCUT2D eigenvalue weighted by atomic mass is 9.97. The highest BCUT2D eigenvalue weighted by Gasteiger charge is 2.27. The van der Waals surface area contributed by atoms with Gasteiger partial charge in [0.1, 0.15) is 0 Å². The lowest BCUT2D eigenvalue weighted by Crippen LogP contribution is -2.44. The number of benzene rings is 1. The fraction of sp³-hybridized carbons (Fsp3) is 0.312. The molecular weight excluding hydrogens is 282 g/mol. The minimum atomic E-state index is -0.354. The lowest BCUT2D eigenvalue weighted by Gasteiger charge is -2.31. The number of primary amides is 1. The molecule has 1 aliphatic rings. The number of H-pyrrole nitrogens is 1. The minimum Gasteiger partial charge on any atom is -0.369 e. The zero-order chi connectivity index (χ0) is 15.7. The van der Waals surface area contributed by atoms with Crippen LogP contribution in [0, 0.1) is 5.92 Å². The van der Waals surface area contributed by atoms with E-state index in [1.165, 1.54) is 0 Å². The van der Waals surface area contributed by atoms with Crippen LogP contribution in [0.25, 0.3) is 10.9 Å². The maximum absolute atomic E-state index is 12.6. The summed E-state index contributed by atoms with van der Waals surface area (Å²) in [6.45, 7) is 1.00. The molecule has 0 radical (unpaired) electrons. The number of aromatic amines is 1. The number of amides is 2. The summed E-state index contributed by atoms with van der Waals surface area (Å²) in [6.07, 6.45) is 3.91. The van der Waals surface area contributed by atoms with Crippen LogP contribution in [-0.4, -0.2) is 41.1 Å². The fourth-order valence-corrected chi connectivity index (χ4v) is 2.96. The van der Waals surface area contributed by atoms with E-state index in [1.807, 2.05) is 0 Å². The molecule has 1 aromatic heterocycles. The molecule has 1 aromatic carbocycles. The molecule has 1 saturated heterocycles. The molecule has 6 heteroatoms. The maximum atomic E-state index is 12.6. The van der Waals surface area contributed by atoms with Crippen LogP contribution in [0.3, 0.4) is 0 Å². The number of fused-ring (bicyclic) bond motifs is 1. The number of carbonyl (C=O) groups is 3. The highest BCUT2D eigenvalue weighted by molar-refractivity contribution is 6.02. The Kier molecular flexibility index (Phi) is 3.66. The van der Waals surface area contributed by atoms with Gasteiger partial charge in [-0.05, 0) is 25.0 Å². The van der Waals surface area contributed by atoms with Gasteiger partial charge in [-0.25, -0.2) is 0 Å². The van der Waals surface area contributed by atoms with Crippen molar-refractivity contribution in [1.29, 1.82) is 0 Å². The first kappa shape index (κ1) is 14.3. The average Bonchev–Trinajstić information content (AvgIpc) is 2.96. The van der Waals surface area contributed by atoms with E-state index in [-0.39, 0.29) is 17.7 Å². The number of aromatic nitrogens is 1. The van der Waals surface area contributed by atoms with Crippen LogP contribution in [-0.2, 0) is 4.79 Å². The minimum absolute atomic E-state index is 0.116. The number of likely N-dealkylation sites (tertiary alicyclic amines) is 1. The predicted octanol–water partition coefficient (Wildman–Crippen LogP) is 1.32. The largest absolute Gasteiger partial charge is 0.369 e. The van der Waals surface area contributed by atoms with Crippen LogP contribution in [0.1, 0.15) is 33.6 Å². The van der Waals surface area contributed by atoms with Crippen LogP contribution in [0.4, 0.5) is 0 Å². The number of nitrogens with two attached hydrogens (primary N) is 1. The molecule has 0 bridgehead atoms. The summed E-state index contributed by atoms with van der Waals surface area (Å²) >= 11 is 0. The van der Waals surface area contributed by atoms with Crippen molar-refractivity contribution in [2.45, 2.75) is 12.8 Å². The van der Waals surface area contributed by atoms with Gasteiger partial charge in [-0.2, -0.15) is 0 Å². The van der Waals surface area contributed by atoms with Crippen LogP contribution in [0.15, 0.2) is 24.4 Å². The smallest absolute Gasteiger partial charge is 0.253 e. The second-order valence-corrected chi connectivity index (χ2v) is 5.61. The van der Waals surface area contributed by atoms with E-state index < -0.39 is 0 Å². The molecule has 1 fully saturated rings. The van der Waals surface area contributed by atoms with Gasteiger partial charge in [0, 0.05) is 41.3 Å². The molecule has 2 aromatic rings. The first-order chi connectivity index (χ1) is 10.6. The molecule has 2 heterocycles. The van der Waals surface area contributed by atoms with Crippen molar-refractivity contribution in [3.63, 3.8) is 0 Å². The summed E-state index contributed by atoms with van der Waals surface area (Å²) < 4.78 is 0. The molecule has 1 unspecified atom stereocenters. The summed E-state index contributed by atoms with van der Waals surface area (Å²) in [7, 11) is 0. The Morgan fingerprint density at radius 2 is 2.18 bits per heavy atom. The molecule has 6 nitrogen and oxygen atoms in total. The normalized spacial score (nSPS) is 18.4. The second kappa shape index (κ2) is 5.63. The molecule has 2 amide bonds. The summed E-state index contributed by atoms with van der Waals surface area (Å²) in [5, 5.41) is 0.792. The average molecular weight is 299 g/mol. The number of nitrogens with one attached hydrogen (secondary N) is 1. The van der Waals surface area contributed by atoms with Crippen LogP contribution < -0.4 is 5.73 Å². The number of piperidine rings is 1. The molecule has 114 valence electrons. The topological polar surface area (TPSA) is 96.3 Å². The van der Waals surface area contributed by atoms with E-state index in [2.05, 4.69) is 4.98 Å². The monoisotopic (exact) mass is 299 g/mol. The molecule has 0 spiro atoms. The standard InChI is InChI=1S/C16H17N3O3/c17-15(21)11-2-1-5-19(8-11)16(22)10-3-4-13-12(9-20)7-18-14(13)6-10/h3-4,6-7,9,11,18H,1-2,5,8H2,(H2,17,21). The van der Waals surface area contributed by atoms with Crippen molar-refractivity contribution in [3.05, 3.63) is 35.5 Å². The Hall–Kier alpha value is -2.63. The number of nitrogens with zero attached hydrogens (tertiary/aromatic N) is 1. The van der Waals surface area contributed by atoms with E-state index in [9.17, 15) is 14.4 Å². The van der Waals surface area contributed by atoms with Crippen molar-refractivity contribution >= 4 is 29.0 Å². The molecular formula is C16H17N3O3. The summed E-state index contributed by atoms with van der Waals surface area (Å²) in [6, 6.07) is 5.20. The summed E-state index contributed by atoms with van der Waals surface area (Å²) in [4.78, 5) is 39.5. The first-order valence-electron chi connectivity index (χ1n) is 7.25. The van der Waals surface area contributed by atoms with E-state index in [1.54, 1.807) is 29.3 Å². The number of rotatable bonds is 3. The zero-order valence-corrected chi connectivity index (χ0v) is 12.0. The van der Waals surface area contributed by atoms with Gasteiger partial charge < -0.3 is 15.6 Å². The van der Waals surface area contributed by atoms with Crippen LogP contribution >= 0.6 is 0 Å². The van der Waals surface area contributed by atoms with Gasteiger partial charge in [0.2, 0.25) is 5.91 Å². The molecule has 0 saturated carbocycles. The zero-order valence-electron chi connectivity index (χ0n) is 12.0. The van der Waals surface area contributed by atoms with Crippen LogP contribution in [0.2, 0.25) is 0 Å². The van der Waals surface area contributed by atoms with Crippen molar-refractivity contribution < 1.29 is 14.4 Å². The number of aldehydes is 1. The Labute approximate surface area is 127 Å². The number of hydrogen-bond acceptors (Lipinski definition) is 3. The van der Waals surface area contributed by atoms with Crippen LogP contribution in [0.5, 0.6) is 0 Å². The van der Waals surface area contributed by atoms with Gasteiger partial charge in [-0.15, -0.1) is 0 Å². The Morgan fingerprint density at radius 1 is 1.36 bits per heavy atom. The highest BCUT2D eigenvalue weighted by atomic mass is 16.2. The first-order valence-corrected chi connectivity index (χ1v) is 7.25.